The van der Waals surface area contributed by atoms with Gasteiger partial charge in [0.25, 0.3) is 0 Å². The van der Waals surface area contributed by atoms with Crippen molar-refractivity contribution in [3.05, 3.63) is 0 Å². The van der Waals surface area contributed by atoms with Crippen molar-refractivity contribution in [1.82, 2.24) is 0 Å². The highest BCUT2D eigenvalue weighted by atomic mass is 16.5. The molecule has 0 aromatic carbocycles. The molecular formula is C13H27NO2. The van der Waals surface area contributed by atoms with E-state index >= 15 is 0 Å². The zero-order valence-corrected chi connectivity index (χ0v) is 11.0. The highest BCUT2D eigenvalue weighted by Crippen LogP contribution is 2.41. The topological polar surface area (TPSA) is 55.5 Å². The molecule has 0 heterocycles. The fourth-order valence-electron chi connectivity index (χ4n) is 2.00. The second-order valence-electron chi connectivity index (χ2n) is 6.22. The van der Waals surface area contributed by atoms with Crippen LogP contribution in [0, 0.1) is 11.3 Å². The Hall–Kier alpha value is -0.120. The Kier molecular flexibility index (Phi) is 4.77. The standard InChI is InChI=1S/C13H27NO2/c1-12(2,3)16-7-6-13(9-14,10-15)8-11-4-5-11/h11,15H,4-10,14H2,1-3H3. The molecule has 0 amide bonds. The van der Waals surface area contributed by atoms with Gasteiger partial charge in [0.2, 0.25) is 0 Å². The number of aliphatic hydroxyl groups is 1. The van der Waals surface area contributed by atoms with Crippen LogP contribution in [0.15, 0.2) is 0 Å². The Morgan fingerprint density at radius 1 is 1.31 bits per heavy atom. The molecule has 0 radical (unpaired) electrons. The summed E-state index contributed by atoms with van der Waals surface area (Å²) in [5.41, 5.74) is 5.62. The lowest BCUT2D eigenvalue weighted by Gasteiger charge is -2.32. The molecule has 0 aliphatic heterocycles. The van der Waals surface area contributed by atoms with Crippen LogP contribution < -0.4 is 5.73 Å². The zero-order chi connectivity index (χ0) is 12.2. The van der Waals surface area contributed by atoms with Crippen LogP contribution in [0.5, 0.6) is 0 Å². The quantitative estimate of drug-likeness (QED) is 0.701. The molecule has 1 unspecified atom stereocenters. The highest BCUT2D eigenvalue weighted by Gasteiger charge is 2.35. The summed E-state index contributed by atoms with van der Waals surface area (Å²) in [6.45, 7) is 7.60. The summed E-state index contributed by atoms with van der Waals surface area (Å²) < 4.78 is 5.72. The number of hydrogen-bond acceptors (Lipinski definition) is 3. The van der Waals surface area contributed by atoms with Crippen LogP contribution in [0.3, 0.4) is 0 Å². The largest absolute Gasteiger partial charge is 0.396 e. The predicted molar refractivity (Wildman–Crippen MR) is 66.2 cm³/mol. The van der Waals surface area contributed by atoms with Crippen molar-refractivity contribution < 1.29 is 9.84 Å². The van der Waals surface area contributed by atoms with Crippen molar-refractivity contribution in [3.8, 4) is 0 Å². The molecule has 1 saturated carbocycles. The maximum absolute atomic E-state index is 9.55. The smallest absolute Gasteiger partial charge is 0.0598 e. The molecule has 3 nitrogen and oxygen atoms in total. The first-order valence-electron chi connectivity index (χ1n) is 6.36. The third-order valence-electron chi connectivity index (χ3n) is 3.35. The Bertz CT molecular complexity index is 202. The van der Waals surface area contributed by atoms with Gasteiger partial charge in [-0.3, -0.25) is 0 Å². The Labute approximate surface area is 99.4 Å². The average molecular weight is 229 g/mol. The lowest BCUT2D eigenvalue weighted by molar-refractivity contribution is -0.0278. The van der Waals surface area contributed by atoms with Crippen LogP contribution >= 0.6 is 0 Å². The Morgan fingerprint density at radius 2 is 1.94 bits per heavy atom. The second kappa shape index (κ2) is 5.48. The molecule has 0 aromatic rings. The molecule has 1 rings (SSSR count). The summed E-state index contributed by atoms with van der Waals surface area (Å²) in [6, 6.07) is 0. The number of ether oxygens (including phenoxy) is 1. The first-order chi connectivity index (χ1) is 7.41. The Morgan fingerprint density at radius 3 is 2.31 bits per heavy atom. The number of hydrogen-bond donors (Lipinski definition) is 2. The summed E-state index contributed by atoms with van der Waals surface area (Å²) in [7, 11) is 0. The molecule has 0 bridgehead atoms. The van der Waals surface area contributed by atoms with E-state index in [1.807, 2.05) is 0 Å². The highest BCUT2D eigenvalue weighted by molar-refractivity contribution is 4.87. The van der Waals surface area contributed by atoms with Crippen LogP contribution in [0.2, 0.25) is 0 Å². The third kappa shape index (κ3) is 4.81. The van der Waals surface area contributed by atoms with Crippen molar-refractivity contribution in [1.29, 1.82) is 0 Å². The Balaban J connectivity index is 2.36. The fourth-order valence-corrected chi connectivity index (χ4v) is 2.00. The summed E-state index contributed by atoms with van der Waals surface area (Å²) in [6.07, 6.45) is 4.55. The van der Waals surface area contributed by atoms with Gasteiger partial charge in [-0.25, -0.2) is 0 Å². The van der Waals surface area contributed by atoms with E-state index in [1.54, 1.807) is 0 Å². The molecule has 1 fully saturated rings. The molecule has 1 atom stereocenters. The van der Waals surface area contributed by atoms with Gasteiger partial charge in [0.05, 0.1) is 5.60 Å². The van der Waals surface area contributed by atoms with Crippen molar-refractivity contribution in [2.75, 3.05) is 19.8 Å². The van der Waals surface area contributed by atoms with Gasteiger partial charge in [0.1, 0.15) is 0 Å². The minimum Gasteiger partial charge on any atom is -0.396 e. The second-order valence-corrected chi connectivity index (χ2v) is 6.22. The molecule has 1 aliphatic rings. The molecule has 0 saturated heterocycles. The first-order valence-corrected chi connectivity index (χ1v) is 6.36. The van der Waals surface area contributed by atoms with Gasteiger partial charge in [-0.15, -0.1) is 0 Å². The third-order valence-corrected chi connectivity index (χ3v) is 3.35. The van der Waals surface area contributed by atoms with E-state index in [4.69, 9.17) is 10.5 Å². The lowest BCUT2D eigenvalue weighted by atomic mass is 9.80. The van der Waals surface area contributed by atoms with Crippen molar-refractivity contribution in [2.24, 2.45) is 17.1 Å². The number of rotatable bonds is 7. The van der Waals surface area contributed by atoms with Crippen molar-refractivity contribution in [3.63, 3.8) is 0 Å². The first kappa shape index (κ1) is 13.9. The van der Waals surface area contributed by atoms with E-state index in [0.29, 0.717) is 13.2 Å². The van der Waals surface area contributed by atoms with Gasteiger partial charge in [0, 0.05) is 25.2 Å². The molecule has 16 heavy (non-hydrogen) atoms. The van der Waals surface area contributed by atoms with Crippen molar-refractivity contribution >= 4 is 0 Å². The molecule has 0 aromatic heterocycles. The summed E-state index contributed by atoms with van der Waals surface area (Å²) in [5, 5.41) is 9.55. The van der Waals surface area contributed by atoms with Gasteiger partial charge in [-0.2, -0.15) is 0 Å². The normalized spacial score (nSPS) is 20.8. The van der Waals surface area contributed by atoms with E-state index in [2.05, 4.69) is 20.8 Å². The van der Waals surface area contributed by atoms with E-state index < -0.39 is 0 Å². The van der Waals surface area contributed by atoms with E-state index in [-0.39, 0.29) is 17.6 Å². The zero-order valence-electron chi connectivity index (χ0n) is 11.0. The molecule has 3 N–H and O–H groups in total. The van der Waals surface area contributed by atoms with Gasteiger partial charge in [0.15, 0.2) is 0 Å². The molecule has 96 valence electrons. The minimum atomic E-state index is -0.105. The SMILES string of the molecule is CC(C)(C)OCCC(CN)(CO)CC1CC1. The van der Waals surface area contributed by atoms with Gasteiger partial charge < -0.3 is 15.6 Å². The fraction of sp³-hybridized carbons (Fsp3) is 1.00. The van der Waals surface area contributed by atoms with Crippen LogP contribution in [0.4, 0.5) is 0 Å². The van der Waals surface area contributed by atoms with Gasteiger partial charge >= 0.3 is 0 Å². The maximum Gasteiger partial charge on any atom is 0.0598 e. The van der Waals surface area contributed by atoms with E-state index in [9.17, 15) is 5.11 Å². The van der Waals surface area contributed by atoms with Crippen molar-refractivity contribution in [2.45, 2.75) is 52.1 Å². The molecule has 0 spiro atoms. The summed E-state index contributed by atoms with van der Waals surface area (Å²) in [4.78, 5) is 0. The molecular weight excluding hydrogens is 202 g/mol. The van der Waals surface area contributed by atoms with Crippen LogP contribution in [0.25, 0.3) is 0 Å². The van der Waals surface area contributed by atoms with Crippen LogP contribution in [0.1, 0.15) is 46.5 Å². The number of aliphatic hydroxyl groups excluding tert-OH is 1. The molecule has 3 heteroatoms. The average Bonchev–Trinajstić information content (AvgIpc) is 2.98. The van der Waals surface area contributed by atoms with Crippen LogP contribution in [-0.4, -0.2) is 30.5 Å². The monoisotopic (exact) mass is 229 g/mol. The predicted octanol–water partition coefficient (Wildman–Crippen LogP) is 1.93. The van der Waals surface area contributed by atoms with E-state index in [0.717, 1.165) is 18.8 Å². The minimum absolute atomic E-state index is 0.102. The maximum atomic E-state index is 9.55. The van der Waals surface area contributed by atoms with Gasteiger partial charge in [-0.1, -0.05) is 12.8 Å². The number of nitrogens with two attached hydrogens (primary N) is 1. The summed E-state index contributed by atoms with van der Waals surface area (Å²) in [5.74, 6) is 0.797. The van der Waals surface area contributed by atoms with Crippen LogP contribution in [-0.2, 0) is 4.74 Å². The lowest BCUT2D eigenvalue weighted by Crippen LogP contribution is -2.37. The van der Waals surface area contributed by atoms with Gasteiger partial charge in [-0.05, 0) is 39.5 Å². The molecule has 1 aliphatic carbocycles. The van der Waals surface area contributed by atoms with E-state index in [1.165, 1.54) is 12.8 Å². The summed E-state index contributed by atoms with van der Waals surface area (Å²) >= 11 is 0.